The third kappa shape index (κ3) is 6.46. The number of rotatable bonds is 8. The summed E-state index contributed by atoms with van der Waals surface area (Å²) in [6.07, 6.45) is 0. The molecule has 0 amide bonds. The molecule has 0 bridgehead atoms. The minimum atomic E-state index is -0.648. The van der Waals surface area contributed by atoms with Crippen molar-refractivity contribution in [2.24, 2.45) is 0 Å². The molecule has 0 unspecified atom stereocenters. The number of anilines is 6. The number of hydrogen-bond acceptors (Lipinski definition) is 4. The topological polar surface area (TPSA) is 32.8 Å². The molecule has 0 saturated heterocycles. The molecule has 0 saturated carbocycles. The van der Waals surface area contributed by atoms with E-state index in [1.54, 1.807) is 0 Å². The van der Waals surface area contributed by atoms with E-state index in [9.17, 15) is 0 Å². The number of benzene rings is 12. The van der Waals surface area contributed by atoms with Crippen LogP contribution in [0.15, 0.2) is 288 Å². The number of hydrogen-bond donors (Lipinski definition) is 0. The highest BCUT2D eigenvalue weighted by Crippen LogP contribution is 2.66. The maximum Gasteiger partial charge on any atom is 0.135 e. The molecule has 16 rings (SSSR count). The fourth-order valence-electron chi connectivity index (χ4n) is 13.0. The lowest BCUT2D eigenvalue weighted by atomic mass is 9.70. The van der Waals surface area contributed by atoms with Crippen LogP contribution in [0.2, 0.25) is 0 Å². The smallest absolute Gasteiger partial charge is 0.135 e. The molecule has 4 heteroatoms. The Morgan fingerprint density at radius 2 is 0.597 bits per heavy atom. The van der Waals surface area contributed by atoms with Gasteiger partial charge in [0.05, 0.1) is 16.8 Å². The first-order chi connectivity index (χ1) is 38.2. The minimum absolute atomic E-state index is 0.648. The lowest BCUT2D eigenvalue weighted by Crippen LogP contribution is -2.26. The monoisotopic (exact) mass is 982 g/mol. The molecule has 0 aliphatic heterocycles. The van der Waals surface area contributed by atoms with Gasteiger partial charge in [-0.15, -0.1) is 0 Å². The van der Waals surface area contributed by atoms with Gasteiger partial charge in [-0.25, -0.2) is 0 Å². The van der Waals surface area contributed by atoms with Crippen LogP contribution in [0.4, 0.5) is 34.1 Å². The number of fused-ring (bicyclic) bond motifs is 16. The van der Waals surface area contributed by atoms with Crippen LogP contribution < -0.4 is 9.80 Å². The molecular formula is C73H46N2O2. The predicted molar refractivity (Wildman–Crippen MR) is 318 cm³/mol. The largest absolute Gasteiger partial charge is 0.456 e. The van der Waals surface area contributed by atoms with E-state index in [-0.39, 0.29) is 0 Å². The first-order valence-corrected chi connectivity index (χ1v) is 26.4. The van der Waals surface area contributed by atoms with Crippen molar-refractivity contribution in [1.29, 1.82) is 0 Å². The van der Waals surface area contributed by atoms with Crippen molar-refractivity contribution >= 4 is 78.0 Å². The summed E-state index contributed by atoms with van der Waals surface area (Å²) >= 11 is 0. The Bertz CT molecular complexity index is 4330. The zero-order valence-electron chi connectivity index (χ0n) is 41.8. The van der Waals surface area contributed by atoms with E-state index in [2.05, 4.69) is 277 Å². The van der Waals surface area contributed by atoms with Gasteiger partial charge in [0.25, 0.3) is 0 Å². The van der Waals surface area contributed by atoms with Crippen LogP contribution in [0.5, 0.6) is 0 Å². The van der Waals surface area contributed by atoms with Gasteiger partial charge in [0.1, 0.15) is 22.3 Å². The van der Waals surface area contributed by atoms with Gasteiger partial charge < -0.3 is 18.6 Å². The lowest BCUT2D eigenvalue weighted by Gasteiger charge is -2.32. The molecule has 2 aliphatic carbocycles. The van der Waals surface area contributed by atoms with Gasteiger partial charge in [-0.2, -0.15) is 0 Å². The third-order valence-corrected chi connectivity index (χ3v) is 16.3. The number of nitrogens with zero attached hydrogens (tertiary/aromatic N) is 2. The highest BCUT2D eigenvalue weighted by atomic mass is 16.3. The van der Waals surface area contributed by atoms with Crippen LogP contribution in [0, 0.1) is 0 Å². The molecule has 0 radical (unpaired) electrons. The third-order valence-electron chi connectivity index (χ3n) is 16.3. The zero-order chi connectivity index (χ0) is 50.6. The average molecular weight is 983 g/mol. The van der Waals surface area contributed by atoms with Crippen LogP contribution in [0.1, 0.15) is 22.3 Å². The Morgan fingerprint density at radius 3 is 1.05 bits per heavy atom. The molecule has 0 atom stereocenters. The highest BCUT2D eigenvalue weighted by molar-refractivity contribution is 6.10. The average Bonchev–Trinajstić information content (AvgIpc) is 4.44. The Kier molecular flexibility index (Phi) is 9.52. The van der Waals surface area contributed by atoms with Crippen molar-refractivity contribution in [1.82, 2.24) is 0 Å². The van der Waals surface area contributed by atoms with Crippen molar-refractivity contribution < 1.29 is 8.83 Å². The second-order valence-corrected chi connectivity index (χ2v) is 20.3. The van der Waals surface area contributed by atoms with E-state index >= 15 is 0 Å². The summed E-state index contributed by atoms with van der Waals surface area (Å²) < 4.78 is 12.9. The summed E-state index contributed by atoms with van der Waals surface area (Å²) in [6.45, 7) is 0. The van der Waals surface area contributed by atoms with Crippen LogP contribution >= 0.6 is 0 Å². The molecule has 360 valence electrons. The fraction of sp³-hybridized carbons (Fsp3) is 0.0137. The second kappa shape index (κ2) is 16.9. The minimum Gasteiger partial charge on any atom is -0.456 e. The van der Waals surface area contributed by atoms with Gasteiger partial charge in [0, 0.05) is 55.4 Å². The zero-order valence-corrected chi connectivity index (χ0v) is 41.8. The molecule has 77 heavy (non-hydrogen) atoms. The van der Waals surface area contributed by atoms with Gasteiger partial charge in [-0.05, 0) is 141 Å². The first-order valence-electron chi connectivity index (χ1n) is 26.4. The Morgan fingerprint density at radius 1 is 0.247 bits per heavy atom. The van der Waals surface area contributed by atoms with Crippen LogP contribution in [-0.2, 0) is 5.41 Å². The van der Waals surface area contributed by atoms with Crippen LogP contribution in [0.25, 0.3) is 88.4 Å². The van der Waals surface area contributed by atoms with Crippen LogP contribution in [0.3, 0.4) is 0 Å². The van der Waals surface area contributed by atoms with Crippen molar-refractivity contribution in [2.75, 3.05) is 9.80 Å². The standard InChI is InChI=1S/C73H46N2O2/c1-3-17-47(18-4-1)49-33-37-51(38-34-49)74(53-41-43-69-59(45-53)55-21-9-13-31-67(55)76-69)65-29-15-27-63-71(65)57-23-7-11-25-61(57)73(63)62-26-12-8-24-58(62)72-64(73)28-16-30-66(72)75(52-39-35-50(36-40-52)48-19-5-2-6-20-48)54-42-44-70-60(46-54)56-22-10-14-32-68(56)77-70/h1-46H. The summed E-state index contributed by atoms with van der Waals surface area (Å²) in [5.74, 6) is 0. The second-order valence-electron chi connectivity index (χ2n) is 20.3. The van der Waals surface area contributed by atoms with Crippen molar-refractivity contribution in [3.8, 4) is 44.5 Å². The summed E-state index contributed by atoms with van der Waals surface area (Å²) in [6, 6.07) is 102. The SMILES string of the molecule is c1ccc(-c2ccc(N(c3ccc4oc5ccccc5c4c3)c3cccc4c3-c3ccccc3C43c4ccccc4-c4c(N(c5ccc(-c6ccccc6)cc5)c5ccc6oc7ccccc7c6c5)cccc43)cc2)cc1. The molecule has 0 fully saturated rings. The van der Waals surface area contributed by atoms with Crippen LogP contribution in [-0.4, -0.2) is 0 Å². The lowest BCUT2D eigenvalue weighted by molar-refractivity contribution is 0.668. The molecule has 12 aromatic carbocycles. The molecular weight excluding hydrogens is 937 g/mol. The van der Waals surface area contributed by atoms with Crippen molar-refractivity contribution in [3.05, 3.63) is 301 Å². The molecule has 0 N–H and O–H groups in total. The highest BCUT2D eigenvalue weighted by Gasteiger charge is 2.53. The molecule has 2 aromatic heterocycles. The quantitative estimate of drug-likeness (QED) is 0.152. The fourth-order valence-corrected chi connectivity index (χ4v) is 13.0. The van der Waals surface area contributed by atoms with Gasteiger partial charge in [-0.1, -0.05) is 194 Å². The Labute approximate surface area is 445 Å². The Balaban J connectivity index is 0.934. The van der Waals surface area contributed by atoms with E-state index in [0.717, 1.165) is 78.0 Å². The van der Waals surface area contributed by atoms with Gasteiger partial charge in [0.15, 0.2) is 0 Å². The molecule has 4 nitrogen and oxygen atoms in total. The number of para-hydroxylation sites is 2. The van der Waals surface area contributed by atoms with Gasteiger partial charge in [0.2, 0.25) is 0 Å². The van der Waals surface area contributed by atoms with E-state index in [4.69, 9.17) is 8.83 Å². The molecule has 2 aliphatic rings. The van der Waals surface area contributed by atoms with E-state index in [1.807, 2.05) is 12.1 Å². The van der Waals surface area contributed by atoms with Gasteiger partial charge in [-0.3, -0.25) is 0 Å². The maximum atomic E-state index is 6.43. The summed E-state index contributed by atoms with van der Waals surface area (Å²) in [5.41, 5.74) is 23.9. The molecule has 2 heterocycles. The van der Waals surface area contributed by atoms with Crippen molar-refractivity contribution in [2.45, 2.75) is 5.41 Å². The molecule has 14 aromatic rings. The maximum absolute atomic E-state index is 6.43. The van der Waals surface area contributed by atoms with Crippen molar-refractivity contribution in [3.63, 3.8) is 0 Å². The predicted octanol–water partition coefficient (Wildman–Crippen LogP) is 20.1. The van der Waals surface area contributed by atoms with E-state index in [1.165, 1.54) is 66.8 Å². The van der Waals surface area contributed by atoms with Gasteiger partial charge >= 0.3 is 0 Å². The number of furan rings is 2. The van der Waals surface area contributed by atoms with E-state index < -0.39 is 5.41 Å². The first kappa shape index (κ1) is 43.3. The van der Waals surface area contributed by atoms with E-state index in [0.29, 0.717) is 0 Å². The molecule has 1 spiro atoms. The summed E-state index contributed by atoms with van der Waals surface area (Å²) in [5, 5.41) is 4.36. The summed E-state index contributed by atoms with van der Waals surface area (Å²) in [7, 11) is 0. The summed E-state index contributed by atoms with van der Waals surface area (Å²) in [4.78, 5) is 4.92. The normalized spacial score (nSPS) is 12.8. The Hall–Kier alpha value is -10.2.